The maximum atomic E-state index is 11.0. The van der Waals surface area contributed by atoms with E-state index >= 15 is 0 Å². The number of pyridine rings is 1. The van der Waals surface area contributed by atoms with Gasteiger partial charge < -0.3 is 5.11 Å². The highest BCUT2D eigenvalue weighted by atomic mass is 16.4. The number of fused-ring (bicyclic) bond motifs is 1. The molecule has 0 saturated carbocycles. The van der Waals surface area contributed by atoms with E-state index in [1.165, 1.54) is 0 Å². The minimum Gasteiger partial charge on any atom is -0.478 e. The summed E-state index contributed by atoms with van der Waals surface area (Å²) >= 11 is 0. The van der Waals surface area contributed by atoms with E-state index < -0.39 is 5.97 Å². The predicted molar refractivity (Wildman–Crippen MR) is 58.1 cm³/mol. The van der Waals surface area contributed by atoms with E-state index in [-0.39, 0.29) is 0 Å². The Morgan fingerprint density at radius 1 is 1.47 bits per heavy atom. The van der Waals surface area contributed by atoms with Crippen LogP contribution in [0.2, 0.25) is 0 Å². The molecule has 76 valence electrons. The van der Waals surface area contributed by atoms with Gasteiger partial charge in [-0.05, 0) is 30.2 Å². The summed E-state index contributed by atoms with van der Waals surface area (Å²) in [6.07, 6.45) is 2.64. The Hall–Kier alpha value is -1.90. The first kappa shape index (κ1) is 9.65. The molecule has 0 unspecified atom stereocenters. The molecule has 2 aromatic rings. The van der Waals surface area contributed by atoms with Crippen LogP contribution in [0.4, 0.5) is 0 Å². The molecule has 15 heavy (non-hydrogen) atoms. The molecule has 0 atom stereocenters. The lowest BCUT2D eigenvalue weighted by molar-refractivity contribution is 0.0699. The number of aromatic carboxylic acids is 1. The summed E-state index contributed by atoms with van der Waals surface area (Å²) < 4.78 is 0. The minimum atomic E-state index is -0.907. The van der Waals surface area contributed by atoms with Gasteiger partial charge >= 0.3 is 5.97 Å². The Kier molecular flexibility index (Phi) is 2.37. The largest absolute Gasteiger partial charge is 0.478 e. The third-order valence-corrected chi connectivity index (χ3v) is 2.42. The van der Waals surface area contributed by atoms with Crippen LogP contribution in [0.15, 0.2) is 30.5 Å². The third-order valence-electron chi connectivity index (χ3n) is 2.42. The van der Waals surface area contributed by atoms with Gasteiger partial charge in [-0.15, -0.1) is 0 Å². The highest BCUT2D eigenvalue weighted by Gasteiger charge is 2.08. The number of aryl methyl sites for hydroxylation is 1. The molecule has 1 aromatic heterocycles. The molecule has 3 heteroatoms. The fourth-order valence-corrected chi connectivity index (χ4v) is 1.57. The van der Waals surface area contributed by atoms with Crippen LogP contribution < -0.4 is 0 Å². The van der Waals surface area contributed by atoms with Crippen LogP contribution in [0.25, 0.3) is 10.9 Å². The van der Waals surface area contributed by atoms with Gasteiger partial charge in [0.15, 0.2) is 0 Å². The van der Waals surface area contributed by atoms with Gasteiger partial charge in [0.25, 0.3) is 0 Å². The fraction of sp³-hybridized carbons (Fsp3) is 0.167. The smallest absolute Gasteiger partial charge is 0.336 e. The number of carboxylic acids is 1. The van der Waals surface area contributed by atoms with Crippen molar-refractivity contribution in [1.29, 1.82) is 0 Å². The van der Waals surface area contributed by atoms with Crippen molar-refractivity contribution in [2.45, 2.75) is 13.3 Å². The summed E-state index contributed by atoms with van der Waals surface area (Å²) in [4.78, 5) is 15.2. The number of carbonyl (C=O) groups is 1. The van der Waals surface area contributed by atoms with Crippen molar-refractivity contribution < 1.29 is 9.90 Å². The lowest BCUT2D eigenvalue weighted by Gasteiger charge is -2.03. The molecular formula is C12H11NO2. The summed E-state index contributed by atoms with van der Waals surface area (Å²) in [5.41, 5.74) is 2.10. The van der Waals surface area contributed by atoms with Gasteiger partial charge in [-0.1, -0.05) is 13.0 Å². The number of carboxylic acid groups (broad SMARTS) is 1. The van der Waals surface area contributed by atoms with Crippen LogP contribution in [0.5, 0.6) is 0 Å². The van der Waals surface area contributed by atoms with Crippen molar-refractivity contribution in [2.24, 2.45) is 0 Å². The van der Waals surface area contributed by atoms with E-state index in [0.717, 1.165) is 17.5 Å². The summed E-state index contributed by atoms with van der Waals surface area (Å²) in [5, 5.41) is 9.73. The van der Waals surface area contributed by atoms with Crippen molar-refractivity contribution in [1.82, 2.24) is 4.98 Å². The van der Waals surface area contributed by atoms with Crippen LogP contribution in [-0.4, -0.2) is 16.1 Å². The van der Waals surface area contributed by atoms with Crippen molar-refractivity contribution in [2.75, 3.05) is 0 Å². The summed E-state index contributed by atoms with van der Waals surface area (Å²) in [6.45, 7) is 2.02. The minimum absolute atomic E-state index is 0.315. The van der Waals surface area contributed by atoms with Gasteiger partial charge in [0.05, 0.1) is 11.1 Å². The lowest BCUT2D eigenvalue weighted by atomic mass is 10.1. The van der Waals surface area contributed by atoms with Crippen molar-refractivity contribution in [3.63, 3.8) is 0 Å². The van der Waals surface area contributed by atoms with Crippen LogP contribution >= 0.6 is 0 Å². The van der Waals surface area contributed by atoms with Crippen LogP contribution in [-0.2, 0) is 6.42 Å². The summed E-state index contributed by atoms with van der Waals surface area (Å²) in [5.74, 6) is -0.907. The molecule has 0 spiro atoms. The molecule has 0 fully saturated rings. The standard InChI is InChI=1S/C12H11NO2/c1-2-8-6-10-9(12(14)15)4-3-5-11(10)13-7-8/h3-7H,2H2,1H3,(H,14,15). The molecule has 0 radical (unpaired) electrons. The van der Waals surface area contributed by atoms with E-state index in [2.05, 4.69) is 4.98 Å². The van der Waals surface area contributed by atoms with Crippen molar-refractivity contribution in [3.05, 3.63) is 41.6 Å². The molecule has 0 aliphatic rings. The Labute approximate surface area is 87.4 Å². The topological polar surface area (TPSA) is 50.2 Å². The van der Waals surface area contributed by atoms with E-state index in [1.807, 2.05) is 19.1 Å². The second kappa shape index (κ2) is 3.69. The monoisotopic (exact) mass is 201 g/mol. The van der Waals surface area contributed by atoms with E-state index in [4.69, 9.17) is 5.11 Å². The Morgan fingerprint density at radius 3 is 2.93 bits per heavy atom. The van der Waals surface area contributed by atoms with Crippen molar-refractivity contribution in [3.8, 4) is 0 Å². The normalized spacial score (nSPS) is 10.5. The molecule has 0 amide bonds. The maximum Gasteiger partial charge on any atom is 0.336 e. The molecule has 0 aliphatic heterocycles. The Bertz CT molecular complexity index is 520. The van der Waals surface area contributed by atoms with Gasteiger partial charge in [-0.25, -0.2) is 4.79 Å². The second-order valence-corrected chi connectivity index (χ2v) is 3.37. The first-order chi connectivity index (χ1) is 7.22. The molecule has 1 heterocycles. The highest BCUT2D eigenvalue weighted by molar-refractivity contribution is 6.02. The SMILES string of the molecule is CCc1cnc2cccc(C(=O)O)c2c1. The maximum absolute atomic E-state index is 11.0. The van der Waals surface area contributed by atoms with Gasteiger partial charge in [-0.3, -0.25) is 4.98 Å². The summed E-state index contributed by atoms with van der Waals surface area (Å²) in [6, 6.07) is 7.03. The van der Waals surface area contributed by atoms with Crippen LogP contribution in [0.3, 0.4) is 0 Å². The van der Waals surface area contributed by atoms with Gasteiger partial charge in [-0.2, -0.15) is 0 Å². The first-order valence-corrected chi connectivity index (χ1v) is 4.83. The molecular weight excluding hydrogens is 190 g/mol. The zero-order valence-corrected chi connectivity index (χ0v) is 8.40. The predicted octanol–water partition coefficient (Wildman–Crippen LogP) is 2.50. The number of hydrogen-bond acceptors (Lipinski definition) is 2. The molecule has 0 aliphatic carbocycles. The average molecular weight is 201 g/mol. The molecule has 2 rings (SSSR count). The van der Waals surface area contributed by atoms with Crippen LogP contribution in [0.1, 0.15) is 22.8 Å². The van der Waals surface area contributed by atoms with E-state index in [0.29, 0.717) is 10.9 Å². The van der Waals surface area contributed by atoms with Gasteiger partial charge in [0.2, 0.25) is 0 Å². The number of benzene rings is 1. The zero-order chi connectivity index (χ0) is 10.8. The number of nitrogens with zero attached hydrogens (tertiary/aromatic N) is 1. The molecule has 3 nitrogen and oxygen atoms in total. The number of aromatic nitrogens is 1. The number of rotatable bonds is 2. The van der Waals surface area contributed by atoms with Gasteiger partial charge in [0.1, 0.15) is 0 Å². The lowest BCUT2D eigenvalue weighted by Crippen LogP contribution is -1.98. The van der Waals surface area contributed by atoms with E-state index in [9.17, 15) is 4.79 Å². The zero-order valence-electron chi connectivity index (χ0n) is 8.40. The number of hydrogen-bond donors (Lipinski definition) is 1. The third kappa shape index (κ3) is 1.68. The molecule has 0 bridgehead atoms. The van der Waals surface area contributed by atoms with Gasteiger partial charge in [0, 0.05) is 11.6 Å². The van der Waals surface area contributed by atoms with Crippen molar-refractivity contribution >= 4 is 16.9 Å². The second-order valence-electron chi connectivity index (χ2n) is 3.37. The molecule has 1 aromatic carbocycles. The molecule has 0 saturated heterocycles. The molecule has 1 N–H and O–H groups in total. The Morgan fingerprint density at radius 2 is 2.27 bits per heavy atom. The Balaban J connectivity index is 2.76. The average Bonchev–Trinajstić information content (AvgIpc) is 2.27. The highest BCUT2D eigenvalue weighted by Crippen LogP contribution is 2.18. The van der Waals surface area contributed by atoms with E-state index in [1.54, 1.807) is 18.3 Å². The van der Waals surface area contributed by atoms with Crippen LogP contribution in [0, 0.1) is 0 Å². The first-order valence-electron chi connectivity index (χ1n) is 4.83. The summed E-state index contributed by atoms with van der Waals surface area (Å²) in [7, 11) is 0. The fourth-order valence-electron chi connectivity index (χ4n) is 1.57. The quantitative estimate of drug-likeness (QED) is 0.812.